The maximum Gasteiger partial charge on any atom is 0.220 e. The third-order valence-corrected chi connectivity index (χ3v) is 3.48. The number of carbonyl (C=O) groups excluding carboxylic acids is 1. The molecule has 0 aromatic heterocycles. The van der Waals surface area contributed by atoms with Crippen molar-refractivity contribution in [3.05, 3.63) is 48.0 Å². The van der Waals surface area contributed by atoms with Gasteiger partial charge in [0.15, 0.2) is 0 Å². The second kappa shape index (κ2) is 8.65. The van der Waals surface area contributed by atoms with E-state index < -0.39 is 0 Å². The van der Waals surface area contributed by atoms with Gasteiger partial charge in [-0.1, -0.05) is 36.4 Å². The van der Waals surface area contributed by atoms with Gasteiger partial charge in [-0.2, -0.15) is 0 Å². The Labute approximate surface area is 132 Å². The summed E-state index contributed by atoms with van der Waals surface area (Å²) in [6, 6.07) is 14.6. The van der Waals surface area contributed by atoms with Gasteiger partial charge >= 0.3 is 0 Å². The van der Waals surface area contributed by atoms with E-state index in [2.05, 4.69) is 41.0 Å². The number of rotatable bonds is 6. The Bertz CT molecular complexity index is 586. The minimum Gasteiger partial charge on any atom is -0.350 e. The Morgan fingerprint density at radius 1 is 1.14 bits per heavy atom. The highest BCUT2D eigenvalue weighted by Crippen LogP contribution is 2.20. The van der Waals surface area contributed by atoms with Gasteiger partial charge < -0.3 is 10.6 Å². The fourth-order valence-electron chi connectivity index (χ4n) is 2.30. The van der Waals surface area contributed by atoms with Crippen molar-refractivity contribution in [2.24, 2.45) is 0 Å². The van der Waals surface area contributed by atoms with Gasteiger partial charge in [-0.15, -0.1) is 12.4 Å². The van der Waals surface area contributed by atoms with Crippen molar-refractivity contribution in [2.45, 2.75) is 25.8 Å². The smallest absolute Gasteiger partial charge is 0.220 e. The Morgan fingerprint density at radius 3 is 2.57 bits per heavy atom. The van der Waals surface area contributed by atoms with Crippen LogP contribution in [0.25, 0.3) is 10.8 Å². The van der Waals surface area contributed by atoms with Gasteiger partial charge in [-0.05, 0) is 49.3 Å². The third kappa shape index (κ3) is 5.03. The van der Waals surface area contributed by atoms with E-state index in [1.54, 1.807) is 0 Å². The van der Waals surface area contributed by atoms with E-state index in [1.165, 1.54) is 10.8 Å². The molecule has 3 nitrogen and oxygen atoms in total. The lowest BCUT2D eigenvalue weighted by Crippen LogP contribution is -2.27. The largest absolute Gasteiger partial charge is 0.350 e. The zero-order chi connectivity index (χ0) is 14.4. The van der Waals surface area contributed by atoms with Crippen LogP contribution in [0.5, 0.6) is 0 Å². The van der Waals surface area contributed by atoms with Crippen LogP contribution in [-0.2, 0) is 4.79 Å². The second-order valence-electron chi connectivity index (χ2n) is 5.10. The lowest BCUT2D eigenvalue weighted by Gasteiger charge is -2.15. The molecule has 0 saturated carbocycles. The molecule has 0 aliphatic heterocycles. The Hall–Kier alpha value is -1.58. The maximum absolute atomic E-state index is 11.8. The monoisotopic (exact) mass is 306 g/mol. The lowest BCUT2D eigenvalue weighted by molar-refractivity contribution is -0.121. The van der Waals surface area contributed by atoms with Gasteiger partial charge in [0.05, 0.1) is 6.04 Å². The summed E-state index contributed by atoms with van der Waals surface area (Å²) in [5.74, 6) is 0.112. The van der Waals surface area contributed by atoms with Crippen molar-refractivity contribution in [3.63, 3.8) is 0 Å². The van der Waals surface area contributed by atoms with Gasteiger partial charge in [0, 0.05) is 6.42 Å². The molecule has 0 saturated heterocycles. The standard InChI is InChI=1S/C17H22N2O.ClH/c1-13(19-17(20)8-5-11-18-2)15-10-9-14-6-3-4-7-16(14)12-15;/h3-4,6-7,9-10,12-13,18H,5,8,11H2,1-2H3,(H,19,20);1H. The van der Waals surface area contributed by atoms with Crippen molar-refractivity contribution in [1.29, 1.82) is 0 Å². The van der Waals surface area contributed by atoms with Gasteiger partial charge in [0.25, 0.3) is 0 Å². The molecule has 0 aliphatic carbocycles. The molecule has 0 fully saturated rings. The summed E-state index contributed by atoms with van der Waals surface area (Å²) < 4.78 is 0. The molecule has 2 rings (SSSR count). The first-order valence-corrected chi connectivity index (χ1v) is 7.13. The summed E-state index contributed by atoms with van der Waals surface area (Å²) in [5.41, 5.74) is 1.14. The number of nitrogens with one attached hydrogen (secondary N) is 2. The van der Waals surface area contributed by atoms with Crippen LogP contribution in [-0.4, -0.2) is 19.5 Å². The zero-order valence-electron chi connectivity index (χ0n) is 12.6. The van der Waals surface area contributed by atoms with E-state index >= 15 is 0 Å². The molecule has 1 atom stereocenters. The SMILES string of the molecule is CNCCCC(=O)NC(C)c1ccc2ccccc2c1.Cl. The molecule has 0 bridgehead atoms. The summed E-state index contributed by atoms with van der Waals surface area (Å²) in [4.78, 5) is 11.8. The Balaban J connectivity index is 0.00000220. The van der Waals surface area contributed by atoms with Gasteiger partial charge in [-0.3, -0.25) is 4.79 Å². The van der Waals surface area contributed by atoms with Crippen LogP contribution in [0, 0.1) is 0 Å². The second-order valence-corrected chi connectivity index (χ2v) is 5.10. The molecule has 0 aliphatic rings. The topological polar surface area (TPSA) is 41.1 Å². The van der Waals surface area contributed by atoms with Crippen LogP contribution in [0.15, 0.2) is 42.5 Å². The molecule has 2 aromatic carbocycles. The first-order valence-electron chi connectivity index (χ1n) is 7.13. The third-order valence-electron chi connectivity index (χ3n) is 3.48. The average Bonchev–Trinajstić information content (AvgIpc) is 2.47. The summed E-state index contributed by atoms with van der Waals surface area (Å²) in [6.45, 7) is 2.90. The van der Waals surface area contributed by atoms with E-state index in [1.807, 2.05) is 26.1 Å². The number of amides is 1. The van der Waals surface area contributed by atoms with Crippen molar-refractivity contribution >= 4 is 29.1 Å². The van der Waals surface area contributed by atoms with Crippen LogP contribution < -0.4 is 10.6 Å². The highest BCUT2D eigenvalue weighted by molar-refractivity contribution is 5.85. The zero-order valence-corrected chi connectivity index (χ0v) is 13.4. The molecular formula is C17H23ClN2O. The summed E-state index contributed by atoms with van der Waals surface area (Å²) in [7, 11) is 1.90. The van der Waals surface area contributed by atoms with Crippen molar-refractivity contribution in [3.8, 4) is 0 Å². The van der Waals surface area contributed by atoms with E-state index in [0.29, 0.717) is 6.42 Å². The summed E-state index contributed by atoms with van der Waals surface area (Å²) >= 11 is 0. The quantitative estimate of drug-likeness (QED) is 0.803. The number of fused-ring (bicyclic) bond motifs is 1. The number of hydrogen-bond donors (Lipinski definition) is 2. The number of benzene rings is 2. The highest BCUT2D eigenvalue weighted by atomic mass is 35.5. The number of halogens is 1. The molecule has 2 aromatic rings. The fourth-order valence-corrected chi connectivity index (χ4v) is 2.30. The van der Waals surface area contributed by atoms with Crippen LogP contribution in [0.1, 0.15) is 31.4 Å². The molecule has 0 radical (unpaired) electrons. The predicted octanol–water partition coefficient (Wildman–Crippen LogP) is 3.44. The fraction of sp³-hybridized carbons (Fsp3) is 0.353. The molecule has 114 valence electrons. The van der Waals surface area contributed by atoms with Crippen molar-refractivity contribution in [2.75, 3.05) is 13.6 Å². The molecule has 21 heavy (non-hydrogen) atoms. The number of carbonyl (C=O) groups is 1. The first-order chi connectivity index (χ1) is 9.70. The normalized spacial score (nSPS) is 11.7. The van der Waals surface area contributed by atoms with E-state index in [-0.39, 0.29) is 24.4 Å². The molecule has 4 heteroatoms. The van der Waals surface area contributed by atoms with E-state index in [4.69, 9.17) is 0 Å². The first kappa shape index (κ1) is 17.5. The molecule has 1 amide bonds. The van der Waals surface area contributed by atoms with Gasteiger partial charge in [0.2, 0.25) is 5.91 Å². The highest BCUT2D eigenvalue weighted by Gasteiger charge is 2.09. The molecular weight excluding hydrogens is 284 g/mol. The summed E-state index contributed by atoms with van der Waals surface area (Å²) in [5, 5.41) is 8.54. The number of hydrogen-bond acceptors (Lipinski definition) is 2. The molecule has 2 N–H and O–H groups in total. The van der Waals surface area contributed by atoms with Crippen LogP contribution in [0.2, 0.25) is 0 Å². The maximum atomic E-state index is 11.8. The van der Waals surface area contributed by atoms with Gasteiger partial charge in [0.1, 0.15) is 0 Å². The Morgan fingerprint density at radius 2 is 1.86 bits per heavy atom. The minimum atomic E-state index is 0. The average molecular weight is 307 g/mol. The van der Waals surface area contributed by atoms with Crippen molar-refractivity contribution in [1.82, 2.24) is 10.6 Å². The van der Waals surface area contributed by atoms with E-state index in [9.17, 15) is 4.79 Å². The minimum absolute atomic E-state index is 0. The van der Waals surface area contributed by atoms with Crippen LogP contribution >= 0.6 is 12.4 Å². The Kier molecular flexibility index (Phi) is 7.20. The van der Waals surface area contributed by atoms with Gasteiger partial charge in [-0.25, -0.2) is 0 Å². The van der Waals surface area contributed by atoms with E-state index in [0.717, 1.165) is 18.5 Å². The van der Waals surface area contributed by atoms with Crippen LogP contribution in [0.3, 0.4) is 0 Å². The molecule has 1 unspecified atom stereocenters. The lowest BCUT2D eigenvalue weighted by atomic mass is 10.0. The molecule has 0 spiro atoms. The summed E-state index contributed by atoms with van der Waals surface area (Å²) in [6.07, 6.45) is 1.44. The molecule has 0 heterocycles. The van der Waals surface area contributed by atoms with Crippen molar-refractivity contribution < 1.29 is 4.79 Å². The van der Waals surface area contributed by atoms with Crippen LogP contribution in [0.4, 0.5) is 0 Å². The predicted molar refractivity (Wildman–Crippen MR) is 90.9 cm³/mol.